The first-order chi connectivity index (χ1) is 13.5. The summed E-state index contributed by atoms with van der Waals surface area (Å²) >= 11 is 1.55. The van der Waals surface area contributed by atoms with Crippen molar-refractivity contribution < 1.29 is 23.6 Å². The number of carbonyl (C=O) groups excluding carboxylic acids is 2. The van der Waals surface area contributed by atoms with Gasteiger partial charge < -0.3 is 19.3 Å². The number of esters is 1. The lowest BCUT2D eigenvalue weighted by Crippen LogP contribution is -2.28. The number of hydrogen-bond acceptors (Lipinski definition) is 7. The van der Waals surface area contributed by atoms with Crippen molar-refractivity contribution in [1.29, 1.82) is 0 Å². The van der Waals surface area contributed by atoms with Gasteiger partial charge in [-0.2, -0.15) is 0 Å². The minimum Gasteiger partial charge on any atom is -0.489 e. The third-order valence-electron chi connectivity index (χ3n) is 4.03. The fraction of sp³-hybridized carbons (Fsp3) is 0.250. The van der Waals surface area contributed by atoms with Gasteiger partial charge in [0.25, 0.3) is 5.91 Å². The van der Waals surface area contributed by atoms with Gasteiger partial charge >= 0.3 is 5.97 Å². The molecular formula is C20H20N2O5S. The quantitative estimate of drug-likeness (QED) is 0.583. The number of thiophene rings is 1. The van der Waals surface area contributed by atoms with E-state index in [0.717, 1.165) is 21.9 Å². The number of aryl methyl sites for hydroxylation is 2. The summed E-state index contributed by atoms with van der Waals surface area (Å²) in [5, 5.41) is 8.52. The van der Waals surface area contributed by atoms with E-state index in [-0.39, 0.29) is 12.5 Å². The summed E-state index contributed by atoms with van der Waals surface area (Å²) in [6.07, 6.45) is 0. The minimum atomic E-state index is -0.566. The lowest BCUT2D eigenvalue weighted by Gasteiger charge is -2.08. The highest BCUT2D eigenvalue weighted by atomic mass is 32.1. The van der Waals surface area contributed by atoms with E-state index in [1.807, 2.05) is 31.4 Å². The molecular weight excluding hydrogens is 380 g/mol. The van der Waals surface area contributed by atoms with Crippen molar-refractivity contribution in [2.45, 2.75) is 27.0 Å². The van der Waals surface area contributed by atoms with Gasteiger partial charge in [0.2, 0.25) is 0 Å². The lowest BCUT2D eigenvalue weighted by molar-refractivity contribution is -0.124. The molecule has 0 saturated heterocycles. The second-order valence-corrected chi connectivity index (χ2v) is 7.08. The molecule has 1 amide bonds. The van der Waals surface area contributed by atoms with Crippen LogP contribution in [0.5, 0.6) is 5.75 Å². The van der Waals surface area contributed by atoms with E-state index in [1.54, 1.807) is 35.6 Å². The zero-order valence-electron chi connectivity index (χ0n) is 15.6. The Hall–Kier alpha value is -3.13. The van der Waals surface area contributed by atoms with Gasteiger partial charge in [0.15, 0.2) is 6.61 Å². The molecule has 3 aromatic rings. The normalized spacial score (nSPS) is 10.5. The number of aromatic nitrogens is 1. The second-order valence-electron chi connectivity index (χ2n) is 6.05. The van der Waals surface area contributed by atoms with Crippen LogP contribution in [0.3, 0.4) is 0 Å². The number of benzene rings is 1. The molecule has 1 aromatic carbocycles. The van der Waals surface area contributed by atoms with E-state index >= 15 is 0 Å². The predicted octanol–water partition coefficient (Wildman–Crippen LogP) is 3.41. The van der Waals surface area contributed by atoms with Crippen molar-refractivity contribution in [3.8, 4) is 5.75 Å². The summed E-state index contributed by atoms with van der Waals surface area (Å²) in [6.45, 7) is 4.11. The number of nitrogens with zero attached hydrogens (tertiary/aromatic N) is 1. The monoisotopic (exact) mass is 400 g/mol. The molecule has 0 bridgehead atoms. The number of hydrogen-bond donors (Lipinski definition) is 1. The molecule has 0 unspecified atom stereocenters. The highest BCUT2D eigenvalue weighted by Crippen LogP contribution is 2.18. The van der Waals surface area contributed by atoms with E-state index in [1.165, 1.54) is 0 Å². The average molecular weight is 400 g/mol. The highest BCUT2D eigenvalue weighted by molar-refractivity contribution is 7.09. The van der Waals surface area contributed by atoms with E-state index in [9.17, 15) is 9.59 Å². The zero-order valence-corrected chi connectivity index (χ0v) is 16.4. The van der Waals surface area contributed by atoms with Crippen LogP contribution >= 0.6 is 11.3 Å². The van der Waals surface area contributed by atoms with Crippen molar-refractivity contribution in [1.82, 2.24) is 10.5 Å². The molecule has 0 radical (unpaired) electrons. The summed E-state index contributed by atoms with van der Waals surface area (Å²) in [4.78, 5) is 24.9. The smallest absolute Gasteiger partial charge is 0.338 e. The van der Waals surface area contributed by atoms with E-state index < -0.39 is 5.97 Å². The molecule has 0 spiro atoms. The number of nitrogens with one attached hydrogen (secondary N) is 1. The van der Waals surface area contributed by atoms with Gasteiger partial charge in [0.1, 0.15) is 18.1 Å². The number of carbonyl (C=O) groups is 2. The van der Waals surface area contributed by atoms with Gasteiger partial charge in [-0.25, -0.2) is 4.79 Å². The average Bonchev–Trinajstić information content (AvgIpc) is 3.33. The first-order valence-electron chi connectivity index (χ1n) is 8.63. The first-order valence-corrected chi connectivity index (χ1v) is 9.51. The molecule has 28 heavy (non-hydrogen) atoms. The van der Waals surface area contributed by atoms with E-state index in [0.29, 0.717) is 24.5 Å². The molecule has 1 N–H and O–H groups in total. The van der Waals surface area contributed by atoms with Gasteiger partial charge in [-0.15, -0.1) is 11.3 Å². The maximum Gasteiger partial charge on any atom is 0.338 e. The van der Waals surface area contributed by atoms with Crippen LogP contribution in [0.4, 0.5) is 0 Å². The summed E-state index contributed by atoms with van der Waals surface area (Å²) in [5.41, 5.74) is 2.03. The molecule has 2 heterocycles. The Morgan fingerprint density at radius 2 is 1.96 bits per heavy atom. The van der Waals surface area contributed by atoms with Crippen LogP contribution in [0, 0.1) is 13.8 Å². The molecule has 0 atom stereocenters. The molecule has 7 nitrogen and oxygen atoms in total. The zero-order chi connectivity index (χ0) is 19.9. The molecule has 0 saturated carbocycles. The van der Waals surface area contributed by atoms with E-state index in [2.05, 4.69) is 10.5 Å². The second kappa shape index (κ2) is 9.18. The third kappa shape index (κ3) is 5.20. The van der Waals surface area contributed by atoms with Crippen LogP contribution in [-0.2, 0) is 22.7 Å². The largest absolute Gasteiger partial charge is 0.489 e. The van der Waals surface area contributed by atoms with Crippen LogP contribution in [-0.4, -0.2) is 23.6 Å². The van der Waals surface area contributed by atoms with Crippen LogP contribution in [0.2, 0.25) is 0 Å². The number of amides is 1. The summed E-state index contributed by atoms with van der Waals surface area (Å²) in [6, 6.07) is 10.4. The molecule has 0 aliphatic carbocycles. The maximum absolute atomic E-state index is 12.1. The Balaban J connectivity index is 1.44. The predicted molar refractivity (Wildman–Crippen MR) is 103 cm³/mol. The topological polar surface area (TPSA) is 90.7 Å². The lowest BCUT2D eigenvalue weighted by atomic mass is 10.2. The van der Waals surface area contributed by atoms with Gasteiger partial charge in [-0.3, -0.25) is 4.79 Å². The molecule has 0 aliphatic rings. The third-order valence-corrected chi connectivity index (χ3v) is 4.91. The van der Waals surface area contributed by atoms with Crippen molar-refractivity contribution in [3.63, 3.8) is 0 Å². The fourth-order valence-electron chi connectivity index (χ4n) is 2.42. The maximum atomic E-state index is 12.1. The van der Waals surface area contributed by atoms with Gasteiger partial charge in [-0.05, 0) is 49.6 Å². The molecule has 2 aromatic heterocycles. The summed E-state index contributed by atoms with van der Waals surface area (Å²) in [5.74, 6) is 0.407. The highest BCUT2D eigenvalue weighted by Gasteiger charge is 2.12. The molecule has 0 fully saturated rings. The Bertz CT molecular complexity index is 913. The Morgan fingerprint density at radius 1 is 1.18 bits per heavy atom. The standard InChI is InChI=1S/C20H20N2O5S/c1-13-18(14(2)27-22-13)11-25-16-7-5-15(6-8-16)20(24)26-12-19(23)21-10-17-4-3-9-28-17/h3-9H,10-12H2,1-2H3,(H,21,23). The minimum absolute atomic E-state index is 0.325. The van der Waals surface area contributed by atoms with Crippen LogP contribution in [0.15, 0.2) is 46.3 Å². The van der Waals surface area contributed by atoms with E-state index in [4.69, 9.17) is 14.0 Å². The van der Waals surface area contributed by atoms with Crippen LogP contribution < -0.4 is 10.1 Å². The summed E-state index contributed by atoms with van der Waals surface area (Å²) < 4.78 is 15.8. The molecule has 8 heteroatoms. The SMILES string of the molecule is Cc1noc(C)c1COc1ccc(C(=O)OCC(=O)NCc2cccs2)cc1. The van der Waals surface area contributed by atoms with Crippen molar-refractivity contribution in [2.24, 2.45) is 0 Å². The Labute approximate surface area is 166 Å². The van der Waals surface area contributed by atoms with Crippen molar-refractivity contribution in [2.75, 3.05) is 6.61 Å². The van der Waals surface area contributed by atoms with Crippen molar-refractivity contribution in [3.05, 3.63) is 69.2 Å². The van der Waals surface area contributed by atoms with Crippen LogP contribution in [0.25, 0.3) is 0 Å². The number of rotatable bonds is 8. The van der Waals surface area contributed by atoms with Crippen LogP contribution in [0.1, 0.15) is 32.3 Å². The van der Waals surface area contributed by atoms with Gasteiger partial charge in [0.05, 0.1) is 23.4 Å². The Kier molecular flexibility index (Phi) is 6.44. The molecule has 3 rings (SSSR count). The number of ether oxygens (including phenoxy) is 2. The van der Waals surface area contributed by atoms with Crippen molar-refractivity contribution >= 4 is 23.2 Å². The molecule has 146 valence electrons. The Morgan fingerprint density at radius 3 is 2.61 bits per heavy atom. The first kappa shape index (κ1) is 19.6. The van der Waals surface area contributed by atoms with Gasteiger partial charge in [-0.1, -0.05) is 11.2 Å². The summed E-state index contributed by atoms with van der Waals surface area (Å²) in [7, 11) is 0. The van der Waals surface area contributed by atoms with Gasteiger partial charge in [0, 0.05) is 4.88 Å². The fourth-order valence-corrected chi connectivity index (χ4v) is 3.06. The molecule has 0 aliphatic heterocycles.